The zero-order valence-corrected chi connectivity index (χ0v) is 7.11. The average Bonchev–Trinajstić information content (AvgIpc) is 2.16. The first-order valence-electron chi connectivity index (χ1n) is 3.71. The normalized spacial score (nSPS) is 16.2. The Bertz CT molecular complexity index is 336. The smallest absolute Gasteiger partial charge is 0.286 e. The Balaban J connectivity index is 3.07. The molecule has 13 heavy (non-hydrogen) atoms. The van der Waals surface area contributed by atoms with Crippen LogP contribution < -0.4 is 0 Å². The number of ether oxygens (including phenoxy) is 1. The number of hydrogen-bond acceptors (Lipinski definition) is 4. The van der Waals surface area contributed by atoms with Gasteiger partial charge in [-0.05, 0) is 6.42 Å². The first kappa shape index (κ1) is 9.26. The van der Waals surface area contributed by atoms with Crippen LogP contribution in [0.15, 0.2) is 23.1 Å². The third kappa shape index (κ3) is 1.85. The van der Waals surface area contributed by atoms with Gasteiger partial charge in [-0.3, -0.25) is 10.1 Å². The highest BCUT2D eigenvalue weighted by Crippen LogP contribution is 2.23. The monoisotopic (exact) mass is 180 g/mol. The minimum absolute atomic E-state index is 0.148. The highest BCUT2D eigenvalue weighted by atomic mass is 16.6. The first-order valence-corrected chi connectivity index (χ1v) is 3.71. The molecule has 0 aromatic heterocycles. The lowest BCUT2D eigenvalue weighted by molar-refractivity contribution is -0.420. The van der Waals surface area contributed by atoms with E-state index >= 15 is 0 Å². The van der Waals surface area contributed by atoms with E-state index < -0.39 is 4.92 Å². The van der Waals surface area contributed by atoms with Crippen molar-refractivity contribution in [2.75, 3.05) is 7.11 Å². The number of nitrogens with zero attached hydrogens (tertiary/aromatic N) is 2. The van der Waals surface area contributed by atoms with E-state index in [2.05, 4.69) is 0 Å². The Kier molecular flexibility index (Phi) is 2.65. The van der Waals surface area contributed by atoms with Gasteiger partial charge in [-0.2, -0.15) is 5.26 Å². The van der Waals surface area contributed by atoms with Crippen LogP contribution in [0.5, 0.6) is 0 Å². The van der Waals surface area contributed by atoms with Gasteiger partial charge in [0.25, 0.3) is 5.70 Å². The van der Waals surface area contributed by atoms with Crippen LogP contribution in [0, 0.1) is 21.4 Å². The second kappa shape index (κ2) is 3.72. The average molecular weight is 180 g/mol. The molecule has 1 aliphatic carbocycles. The van der Waals surface area contributed by atoms with Crippen LogP contribution >= 0.6 is 0 Å². The standard InChI is InChI=1S/C8H8N2O3/c1-13-7-3-2-6(5-9)8(4-7)10(11)12/h4H,2-3H2,1H3. The Morgan fingerprint density at radius 3 is 2.85 bits per heavy atom. The summed E-state index contributed by atoms with van der Waals surface area (Å²) in [7, 11) is 1.46. The largest absolute Gasteiger partial charge is 0.501 e. The van der Waals surface area contributed by atoms with Gasteiger partial charge >= 0.3 is 0 Å². The zero-order valence-electron chi connectivity index (χ0n) is 7.11. The lowest BCUT2D eigenvalue weighted by atomic mass is 10.0. The SMILES string of the molecule is COC1=CC([N+](=O)[O-])=C(C#N)CC1. The molecule has 1 aliphatic rings. The van der Waals surface area contributed by atoms with Crippen molar-refractivity contribution < 1.29 is 9.66 Å². The zero-order chi connectivity index (χ0) is 9.84. The van der Waals surface area contributed by atoms with Gasteiger partial charge in [-0.25, -0.2) is 0 Å². The lowest BCUT2D eigenvalue weighted by Crippen LogP contribution is -2.06. The van der Waals surface area contributed by atoms with Gasteiger partial charge in [0.15, 0.2) is 0 Å². The number of hydrogen-bond donors (Lipinski definition) is 0. The molecule has 0 bridgehead atoms. The summed E-state index contributed by atoms with van der Waals surface area (Å²) in [5.74, 6) is 0.547. The Hall–Kier alpha value is -1.83. The van der Waals surface area contributed by atoms with Crippen molar-refractivity contribution in [1.29, 1.82) is 5.26 Å². The second-order valence-electron chi connectivity index (χ2n) is 2.55. The minimum atomic E-state index is -0.559. The predicted octanol–water partition coefficient (Wildman–Crippen LogP) is 1.36. The number of allylic oxidation sites excluding steroid dienone is 3. The van der Waals surface area contributed by atoms with E-state index in [0.29, 0.717) is 18.6 Å². The van der Waals surface area contributed by atoms with E-state index in [1.807, 2.05) is 6.07 Å². The van der Waals surface area contributed by atoms with Gasteiger partial charge in [0, 0.05) is 6.42 Å². The maximum atomic E-state index is 10.5. The summed E-state index contributed by atoms with van der Waals surface area (Å²) in [4.78, 5) is 9.92. The van der Waals surface area contributed by atoms with Gasteiger partial charge in [-0.15, -0.1) is 0 Å². The fourth-order valence-electron chi connectivity index (χ4n) is 1.13. The highest BCUT2D eigenvalue weighted by molar-refractivity contribution is 5.35. The molecule has 0 aromatic carbocycles. The molecule has 0 atom stereocenters. The summed E-state index contributed by atoms with van der Waals surface area (Å²) < 4.78 is 4.88. The topological polar surface area (TPSA) is 76.2 Å². The molecule has 0 unspecified atom stereocenters. The molecule has 0 fully saturated rings. The van der Waals surface area contributed by atoms with E-state index in [0.717, 1.165) is 0 Å². The van der Waals surface area contributed by atoms with E-state index in [1.165, 1.54) is 13.2 Å². The molecule has 0 saturated heterocycles. The minimum Gasteiger partial charge on any atom is -0.501 e. The highest BCUT2D eigenvalue weighted by Gasteiger charge is 2.22. The maximum Gasteiger partial charge on any atom is 0.286 e. The number of rotatable bonds is 2. The molecular formula is C8H8N2O3. The number of nitro groups is 1. The predicted molar refractivity (Wildman–Crippen MR) is 44.0 cm³/mol. The molecule has 0 saturated carbocycles. The van der Waals surface area contributed by atoms with E-state index in [-0.39, 0.29) is 11.3 Å². The maximum absolute atomic E-state index is 10.5. The van der Waals surface area contributed by atoms with Gasteiger partial charge < -0.3 is 4.74 Å². The fraction of sp³-hybridized carbons (Fsp3) is 0.375. The summed E-state index contributed by atoms with van der Waals surface area (Å²) >= 11 is 0. The first-order chi connectivity index (χ1) is 6.19. The molecule has 5 heteroatoms. The van der Waals surface area contributed by atoms with Crippen LogP contribution in [0.3, 0.4) is 0 Å². The van der Waals surface area contributed by atoms with Crippen LogP contribution in [0.25, 0.3) is 0 Å². The summed E-state index contributed by atoms with van der Waals surface area (Å²) in [6.07, 6.45) is 2.24. The molecule has 0 N–H and O–H groups in total. The molecular weight excluding hydrogens is 172 g/mol. The van der Waals surface area contributed by atoms with Crippen molar-refractivity contribution in [3.05, 3.63) is 33.2 Å². The summed E-state index contributed by atoms with van der Waals surface area (Å²) in [6.45, 7) is 0. The number of methoxy groups -OCH3 is 1. The van der Waals surface area contributed by atoms with Crippen molar-refractivity contribution in [3.63, 3.8) is 0 Å². The molecule has 1 rings (SSSR count). The molecule has 0 amide bonds. The lowest BCUT2D eigenvalue weighted by Gasteiger charge is -2.09. The van der Waals surface area contributed by atoms with E-state index in [4.69, 9.17) is 10.00 Å². The van der Waals surface area contributed by atoms with Gasteiger partial charge in [0.1, 0.15) is 17.4 Å². The van der Waals surface area contributed by atoms with Crippen LogP contribution in [0.4, 0.5) is 0 Å². The van der Waals surface area contributed by atoms with Crippen molar-refractivity contribution in [3.8, 4) is 6.07 Å². The van der Waals surface area contributed by atoms with Crippen LogP contribution in [0.1, 0.15) is 12.8 Å². The summed E-state index contributed by atoms with van der Waals surface area (Å²) in [6, 6.07) is 1.82. The third-order valence-electron chi connectivity index (χ3n) is 1.82. The molecule has 68 valence electrons. The van der Waals surface area contributed by atoms with Crippen LogP contribution in [0.2, 0.25) is 0 Å². The molecule has 0 aromatic rings. The van der Waals surface area contributed by atoms with Gasteiger partial charge in [0.2, 0.25) is 0 Å². The van der Waals surface area contributed by atoms with Crippen LogP contribution in [-0.4, -0.2) is 12.0 Å². The second-order valence-corrected chi connectivity index (χ2v) is 2.55. The van der Waals surface area contributed by atoms with E-state index in [9.17, 15) is 10.1 Å². The van der Waals surface area contributed by atoms with Gasteiger partial charge in [0.05, 0.1) is 18.1 Å². The Labute approximate surface area is 75.1 Å². The third-order valence-corrected chi connectivity index (χ3v) is 1.82. The van der Waals surface area contributed by atoms with Crippen LogP contribution in [-0.2, 0) is 4.74 Å². The molecule has 0 heterocycles. The van der Waals surface area contributed by atoms with Gasteiger partial charge in [-0.1, -0.05) is 0 Å². The van der Waals surface area contributed by atoms with Crippen molar-refractivity contribution in [2.24, 2.45) is 0 Å². The van der Waals surface area contributed by atoms with Crippen molar-refractivity contribution >= 4 is 0 Å². The van der Waals surface area contributed by atoms with E-state index in [1.54, 1.807) is 0 Å². The summed E-state index contributed by atoms with van der Waals surface area (Å²) in [5, 5.41) is 19.1. The molecule has 5 nitrogen and oxygen atoms in total. The van der Waals surface area contributed by atoms with Crippen molar-refractivity contribution in [2.45, 2.75) is 12.8 Å². The summed E-state index contributed by atoms with van der Waals surface area (Å²) in [5.41, 5.74) is 0.0661. The number of nitriles is 1. The molecule has 0 spiro atoms. The fourth-order valence-corrected chi connectivity index (χ4v) is 1.13. The Morgan fingerprint density at radius 1 is 1.69 bits per heavy atom. The van der Waals surface area contributed by atoms with Crippen molar-refractivity contribution in [1.82, 2.24) is 0 Å². The molecule has 0 aliphatic heterocycles. The quantitative estimate of drug-likeness (QED) is 0.475. The molecule has 0 radical (unpaired) electrons. The Morgan fingerprint density at radius 2 is 2.38 bits per heavy atom.